The Morgan fingerprint density at radius 1 is 1.37 bits per heavy atom. The first-order chi connectivity index (χ1) is 9.29. The fourth-order valence-electron chi connectivity index (χ4n) is 1.85. The van der Waals surface area contributed by atoms with Crippen LogP contribution in [0, 0.1) is 0 Å². The van der Waals surface area contributed by atoms with Crippen LogP contribution in [0.2, 0.25) is 0 Å². The molecule has 0 spiro atoms. The lowest BCUT2D eigenvalue weighted by Gasteiger charge is -2.07. The van der Waals surface area contributed by atoms with Crippen LogP contribution in [-0.2, 0) is 0 Å². The lowest BCUT2D eigenvalue weighted by Crippen LogP contribution is -2.13. The molecule has 2 N–H and O–H groups in total. The number of H-pyrrole nitrogens is 1. The fraction of sp³-hybridized carbons (Fsp3) is 0.0769. The number of thiophene rings is 1. The maximum absolute atomic E-state index is 12.2. The number of nitrogens with zero attached hydrogens (tertiary/aromatic N) is 1. The molecule has 3 aromatic rings. The van der Waals surface area contributed by atoms with E-state index in [0.29, 0.717) is 17.1 Å². The minimum atomic E-state index is -0.228. The number of para-hydroxylation sites is 1. The van der Waals surface area contributed by atoms with Gasteiger partial charge in [-0.2, -0.15) is 5.10 Å². The van der Waals surface area contributed by atoms with E-state index in [1.54, 1.807) is 25.3 Å². The van der Waals surface area contributed by atoms with Gasteiger partial charge in [-0.05, 0) is 23.6 Å². The predicted molar refractivity (Wildman–Crippen MR) is 74.9 cm³/mol. The van der Waals surface area contributed by atoms with Crippen molar-refractivity contribution >= 4 is 33.3 Å². The zero-order chi connectivity index (χ0) is 13.2. The van der Waals surface area contributed by atoms with Crippen LogP contribution >= 0.6 is 11.3 Å². The number of ether oxygens (including phenoxy) is 1. The van der Waals surface area contributed by atoms with Gasteiger partial charge in [-0.1, -0.05) is 12.1 Å². The molecular weight excluding hydrogens is 262 g/mol. The predicted octanol–water partition coefficient (Wildman–Crippen LogP) is 2.89. The van der Waals surface area contributed by atoms with Gasteiger partial charge in [-0.25, -0.2) is 0 Å². The third-order valence-electron chi connectivity index (χ3n) is 2.77. The molecule has 0 unspecified atom stereocenters. The molecule has 0 saturated heterocycles. The van der Waals surface area contributed by atoms with Gasteiger partial charge in [0.25, 0.3) is 5.91 Å². The van der Waals surface area contributed by atoms with Crippen LogP contribution in [0.4, 0.5) is 5.82 Å². The smallest absolute Gasteiger partial charge is 0.260 e. The Labute approximate surface area is 113 Å². The Bertz CT molecular complexity index is 732. The molecule has 2 aromatic heterocycles. The summed E-state index contributed by atoms with van der Waals surface area (Å²) < 4.78 is 5.17. The summed E-state index contributed by atoms with van der Waals surface area (Å²) >= 11 is 1.52. The summed E-state index contributed by atoms with van der Waals surface area (Å²) in [6.45, 7) is 0. The van der Waals surface area contributed by atoms with E-state index in [1.807, 2.05) is 17.5 Å². The van der Waals surface area contributed by atoms with Crippen LogP contribution in [0.5, 0.6) is 5.75 Å². The Morgan fingerprint density at radius 3 is 3.05 bits per heavy atom. The molecule has 0 fully saturated rings. The number of fused-ring (bicyclic) bond motifs is 1. The van der Waals surface area contributed by atoms with E-state index in [4.69, 9.17) is 4.74 Å². The third kappa shape index (κ3) is 2.06. The molecule has 2 heterocycles. The molecule has 0 bridgehead atoms. The van der Waals surface area contributed by atoms with E-state index in [9.17, 15) is 4.79 Å². The Balaban J connectivity index is 1.91. The van der Waals surface area contributed by atoms with Crippen molar-refractivity contribution in [2.75, 3.05) is 12.4 Å². The van der Waals surface area contributed by atoms with Crippen LogP contribution in [0.3, 0.4) is 0 Å². The highest BCUT2D eigenvalue weighted by molar-refractivity contribution is 7.16. The third-order valence-corrected chi connectivity index (χ3v) is 3.58. The topological polar surface area (TPSA) is 67.0 Å². The van der Waals surface area contributed by atoms with Crippen LogP contribution in [0.25, 0.3) is 10.2 Å². The second-order valence-electron chi connectivity index (χ2n) is 3.89. The minimum absolute atomic E-state index is 0.228. The zero-order valence-electron chi connectivity index (χ0n) is 10.1. The van der Waals surface area contributed by atoms with Crippen molar-refractivity contribution in [2.24, 2.45) is 0 Å². The molecule has 5 nitrogen and oxygen atoms in total. The number of methoxy groups -OCH3 is 1. The number of hydrogen-bond acceptors (Lipinski definition) is 4. The summed E-state index contributed by atoms with van der Waals surface area (Å²) in [5.41, 5.74) is 0.489. The molecular formula is C13H11N3O2S. The maximum Gasteiger partial charge on any atom is 0.260 e. The first-order valence-electron chi connectivity index (χ1n) is 5.65. The maximum atomic E-state index is 12.2. The highest BCUT2D eigenvalue weighted by Gasteiger charge is 2.14. The first kappa shape index (κ1) is 11.7. The van der Waals surface area contributed by atoms with E-state index in [-0.39, 0.29) is 5.91 Å². The largest absolute Gasteiger partial charge is 0.496 e. The second-order valence-corrected chi connectivity index (χ2v) is 4.79. The number of amides is 1. The molecule has 19 heavy (non-hydrogen) atoms. The standard InChI is InChI=1S/C13H11N3O2S/c1-18-10-5-3-2-4-8(10)12(17)14-11-9-6-7-19-13(9)16-15-11/h2-7H,1H3,(H2,14,15,16,17). The minimum Gasteiger partial charge on any atom is -0.496 e. The first-order valence-corrected chi connectivity index (χ1v) is 6.53. The van der Waals surface area contributed by atoms with E-state index < -0.39 is 0 Å². The number of rotatable bonds is 3. The number of hydrogen-bond donors (Lipinski definition) is 2. The molecule has 1 amide bonds. The Kier molecular flexibility index (Phi) is 2.92. The summed E-state index contributed by atoms with van der Waals surface area (Å²) in [6.07, 6.45) is 0. The molecule has 0 aliphatic heterocycles. The average Bonchev–Trinajstić information content (AvgIpc) is 3.03. The van der Waals surface area contributed by atoms with Crippen molar-refractivity contribution in [3.63, 3.8) is 0 Å². The number of aromatic amines is 1. The van der Waals surface area contributed by atoms with Gasteiger partial charge in [0, 0.05) is 0 Å². The van der Waals surface area contributed by atoms with E-state index in [0.717, 1.165) is 10.2 Å². The van der Waals surface area contributed by atoms with Crippen molar-refractivity contribution in [2.45, 2.75) is 0 Å². The summed E-state index contributed by atoms with van der Waals surface area (Å²) in [5, 5.41) is 12.6. The van der Waals surface area contributed by atoms with Crippen molar-refractivity contribution in [3.8, 4) is 5.75 Å². The van der Waals surface area contributed by atoms with E-state index in [1.165, 1.54) is 11.3 Å². The lowest BCUT2D eigenvalue weighted by atomic mass is 10.2. The molecule has 0 radical (unpaired) electrons. The van der Waals surface area contributed by atoms with Gasteiger partial charge < -0.3 is 10.1 Å². The van der Waals surface area contributed by atoms with E-state index in [2.05, 4.69) is 15.5 Å². The Morgan fingerprint density at radius 2 is 2.21 bits per heavy atom. The zero-order valence-corrected chi connectivity index (χ0v) is 11.0. The molecule has 0 aliphatic rings. The second kappa shape index (κ2) is 4.74. The van der Waals surface area contributed by atoms with Crippen LogP contribution in [0.15, 0.2) is 35.7 Å². The summed E-state index contributed by atoms with van der Waals surface area (Å²) in [6, 6.07) is 9.01. The summed E-state index contributed by atoms with van der Waals surface area (Å²) in [5.74, 6) is 0.919. The molecule has 6 heteroatoms. The number of anilines is 1. The van der Waals surface area contributed by atoms with Crippen molar-refractivity contribution in [1.82, 2.24) is 10.2 Å². The van der Waals surface area contributed by atoms with E-state index >= 15 is 0 Å². The van der Waals surface area contributed by atoms with Crippen LogP contribution < -0.4 is 10.1 Å². The average molecular weight is 273 g/mol. The van der Waals surface area contributed by atoms with Gasteiger partial charge in [0.2, 0.25) is 0 Å². The van der Waals surface area contributed by atoms with Gasteiger partial charge in [-0.15, -0.1) is 11.3 Å². The van der Waals surface area contributed by atoms with Gasteiger partial charge in [0.05, 0.1) is 18.1 Å². The fourth-order valence-corrected chi connectivity index (χ4v) is 2.58. The quantitative estimate of drug-likeness (QED) is 0.771. The van der Waals surface area contributed by atoms with Crippen molar-refractivity contribution in [1.29, 1.82) is 0 Å². The summed E-state index contributed by atoms with van der Waals surface area (Å²) in [4.78, 5) is 13.1. The lowest BCUT2D eigenvalue weighted by molar-refractivity contribution is 0.102. The molecule has 0 saturated carbocycles. The molecule has 0 atom stereocenters. The molecule has 0 aliphatic carbocycles. The van der Waals surface area contributed by atoms with Gasteiger partial charge in [0.1, 0.15) is 16.4 Å². The summed E-state index contributed by atoms with van der Waals surface area (Å²) in [7, 11) is 1.54. The number of carbonyl (C=O) groups is 1. The molecule has 3 rings (SSSR count). The SMILES string of the molecule is COc1ccccc1C(=O)Nc1[nH]nc2sccc12. The van der Waals surface area contributed by atoms with Crippen LogP contribution in [0.1, 0.15) is 10.4 Å². The molecule has 96 valence electrons. The highest BCUT2D eigenvalue weighted by atomic mass is 32.1. The number of carbonyl (C=O) groups excluding carboxylic acids is 1. The van der Waals surface area contributed by atoms with Gasteiger partial charge in [-0.3, -0.25) is 9.89 Å². The van der Waals surface area contributed by atoms with Crippen molar-refractivity contribution < 1.29 is 9.53 Å². The monoisotopic (exact) mass is 273 g/mol. The van der Waals surface area contributed by atoms with Crippen LogP contribution in [-0.4, -0.2) is 23.2 Å². The normalized spacial score (nSPS) is 10.6. The van der Waals surface area contributed by atoms with Gasteiger partial charge in [0.15, 0.2) is 0 Å². The number of aromatic nitrogens is 2. The van der Waals surface area contributed by atoms with Gasteiger partial charge >= 0.3 is 0 Å². The number of nitrogens with one attached hydrogen (secondary N) is 2. The Hall–Kier alpha value is -2.34. The highest BCUT2D eigenvalue weighted by Crippen LogP contribution is 2.26. The van der Waals surface area contributed by atoms with Crippen molar-refractivity contribution in [3.05, 3.63) is 41.3 Å². The number of benzene rings is 1. The molecule has 1 aromatic carbocycles.